The van der Waals surface area contributed by atoms with E-state index in [-0.39, 0.29) is 19.0 Å². The second kappa shape index (κ2) is 7.08. The monoisotopic (exact) mass is 250 g/mol. The van der Waals surface area contributed by atoms with Crippen LogP contribution in [0, 0.1) is 17.6 Å². The Kier molecular flexibility index (Phi) is 5.71. The summed E-state index contributed by atoms with van der Waals surface area (Å²) < 4.78 is 43.2. The minimum absolute atomic E-state index is 0.0627. The van der Waals surface area contributed by atoms with Crippen LogP contribution in [0.3, 0.4) is 0 Å². The van der Waals surface area contributed by atoms with Crippen LogP contribution in [-0.2, 0) is 4.74 Å². The summed E-state index contributed by atoms with van der Waals surface area (Å²) >= 11 is 0. The van der Waals surface area contributed by atoms with Gasteiger partial charge < -0.3 is 15.2 Å². The van der Waals surface area contributed by atoms with Gasteiger partial charge in [-0.25, -0.2) is 8.78 Å². The molecule has 17 heavy (non-hydrogen) atoms. The zero-order chi connectivity index (χ0) is 12.7. The molecule has 1 rings (SSSR count). The number of anilines is 1. The van der Waals surface area contributed by atoms with Crippen LogP contribution < -0.4 is 5.32 Å². The van der Waals surface area contributed by atoms with Crippen LogP contribution in [0.5, 0.6) is 0 Å². The number of halogens is 3. The average Bonchev–Trinajstić information content (AvgIpc) is 2.30. The fourth-order valence-electron chi connectivity index (χ4n) is 1.12. The van der Waals surface area contributed by atoms with E-state index in [9.17, 15) is 13.2 Å². The summed E-state index contributed by atoms with van der Waals surface area (Å²) in [5.41, 5.74) is 0. The van der Waals surface area contributed by atoms with Crippen molar-refractivity contribution in [3.63, 3.8) is 0 Å². The number of ether oxygens (including phenoxy) is 1. The summed E-state index contributed by atoms with van der Waals surface area (Å²) in [6.07, 6.45) is 0.528. The van der Waals surface area contributed by atoms with Crippen LogP contribution in [0.15, 0.2) is 6.07 Å². The summed E-state index contributed by atoms with van der Waals surface area (Å²) in [7, 11) is 0. The van der Waals surface area contributed by atoms with Gasteiger partial charge in [0.25, 0.3) is 5.95 Å². The highest BCUT2D eigenvalue weighted by Crippen LogP contribution is 2.13. The van der Waals surface area contributed by atoms with Crippen molar-refractivity contribution < 1.29 is 23.0 Å². The summed E-state index contributed by atoms with van der Waals surface area (Å²) in [4.78, 5) is 3.10. The van der Waals surface area contributed by atoms with E-state index in [1.54, 1.807) is 0 Å². The Bertz CT molecular complexity index is 364. The minimum Gasteiger partial charge on any atom is -0.394 e. The third-order valence-corrected chi connectivity index (χ3v) is 1.88. The van der Waals surface area contributed by atoms with E-state index in [0.29, 0.717) is 25.6 Å². The number of pyridine rings is 1. The smallest absolute Gasteiger partial charge is 0.251 e. The molecule has 0 aliphatic rings. The highest BCUT2D eigenvalue weighted by Gasteiger charge is 2.10. The predicted molar refractivity (Wildman–Crippen MR) is 55.1 cm³/mol. The van der Waals surface area contributed by atoms with Crippen molar-refractivity contribution in [3.8, 4) is 0 Å². The lowest BCUT2D eigenvalue weighted by molar-refractivity contribution is 0.0921. The number of hydrogen-bond acceptors (Lipinski definition) is 4. The molecular weight excluding hydrogens is 237 g/mol. The number of aliphatic hydroxyl groups excluding tert-OH is 1. The largest absolute Gasteiger partial charge is 0.394 e. The summed E-state index contributed by atoms with van der Waals surface area (Å²) in [6, 6.07) is 0.437. The van der Waals surface area contributed by atoms with Gasteiger partial charge in [0.2, 0.25) is 0 Å². The number of hydrogen-bond donors (Lipinski definition) is 2. The molecule has 0 aromatic carbocycles. The van der Waals surface area contributed by atoms with Crippen molar-refractivity contribution in [1.29, 1.82) is 0 Å². The molecule has 0 saturated carbocycles. The lowest BCUT2D eigenvalue weighted by Crippen LogP contribution is -2.10. The molecule has 1 aromatic rings. The Morgan fingerprint density at radius 2 is 2.00 bits per heavy atom. The summed E-state index contributed by atoms with van der Waals surface area (Å²) in [5.74, 6) is -3.93. The van der Waals surface area contributed by atoms with E-state index in [1.165, 1.54) is 0 Å². The maximum Gasteiger partial charge on any atom is 0.251 e. The third-order valence-electron chi connectivity index (χ3n) is 1.88. The van der Waals surface area contributed by atoms with Gasteiger partial charge in [0.1, 0.15) is 0 Å². The Hall–Kier alpha value is -1.34. The molecule has 96 valence electrons. The van der Waals surface area contributed by atoms with E-state index in [0.717, 1.165) is 0 Å². The number of nitrogens with zero attached hydrogens (tertiary/aromatic N) is 1. The first-order chi connectivity index (χ1) is 8.15. The van der Waals surface area contributed by atoms with Gasteiger partial charge in [0.05, 0.1) is 13.2 Å². The van der Waals surface area contributed by atoms with E-state index in [4.69, 9.17) is 9.84 Å². The minimum atomic E-state index is -1.34. The van der Waals surface area contributed by atoms with Crippen LogP contribution in [-0.4, -0.2) is 36.5 Å². The van der Waals surface area contributed by atoms with Gasteiger partial charge in [-0.1, -0.05) is 0 Å². The second-order valence-electron chi connectivity index (χ2n) is 3.21. The zero-order valence-electron chi connectivity index (χ0n) is 9.05. The van der Waals surface area contributed by atoms with Crippen LogP contribution in [0.4, 0.5) is 19.0 Å². The molecular formula is C10H13F3N2O2. The molecule has 0 amide bonds. The molecule has 0 unspecified atom stereocenters. The van der Waals surface area contributed by atoms with Crippen LogP contribution in [0.1, 0.15) is 6.42 Å². The molecule has 0 fully saturated rings. The Balaban J connectivity index is 2.34. The lowest BCUT2D eigenvalue weighted by Gasteiger charge is -2.07. The average molecular weight is 250 g/mol. The molecule has 0 bridgehead atoms. The van der Waals surface area contributed by atoms with Crippen molar-refractivity contribution in [1.82, 2.24) is 4.98 Å². The first-order valence-corrected chi connectivity index (χ1v) is 5.09. The van der Waals surface area contributed by atoms with Gasteiger partial charge >= 0.3 is 0 Å². The molecule has 0 aliphatic carbocycles. The van der Waals surface area contributed by atoms with Crippen molar-refractivity contribution >= 4 is 5.82 Å². The Labute approximate surface area is 96.4 Å². The number of aromatic nitrogens is 1. The molecule has 0 spiro atoms. The van der Waals surface area contributed by atoms with Crippen molar-refractivity contribution in [2.75, 3.05) is 31.7 Å². The van der Waals surface area contributed by atoms with Gasteiger partial charge in [0.15, 0.2) is 17.5 Å². The normalized spacial score (nSPS) is 10.6. The van der Waals surface area contributed by atoms with E-state index < -0.39 is 17.6 Å². The fourth-order valence-corrected chi connectivity index (χ4v) is 1.12. The van der Waals surface area contributed by atoms with E-state index in [1.807, 2.05) is 0 Å². The maximum absolute atomic E-state index is 13.1. The maximum atomic E-state index is 13.1. The highest BCUT2D eigenvalue weighted by molar-refractivity contribution is 5.35. The van der Waals surface area contributed by atoms with Gasteiger partial charge in [-0.2, -0.15) is 9.37 Å². The summed E-state index contributed by atoms with van der Waals surface area (Å²) in [6.45, 7) is 0.851. The zero-order valence-corrected chi connectivity index (χ0v) is 9.05. The third kappa shape index (κ3) is 4.58. The van der Waals surface area contributed by atoms with Crippen LogP contribution in [0.2, 0.25) is 0 Å². The first-order valence-electron chi connectivity index (χ1n) is 5.09. The molecule has 2 N–H and O–H groups in total. The molecule has 1 heterocycles. The van der Waals surface area contributed by atoms with E-state index in [2.05, 4.69) is 10.3 Å². The Morgan fingerprint density at radius 1 is 1.24 bits per heavy atom. The number of nitrogens with one attached hydrogen (secondary N) is 1. The molecule has 0 saturated heterocycles. The van der Waals surface area contributed by atoms with Crippen molar-refractivity contribution in [2.45, 2.75) is 6.42 Å². The van der Waals surface area contributed by atoms with Crippen LogP contribution >= 0.6 is 0 Å². The standard InChI is InChI=1S/C10H13F3N2O2/c11-7-6-8(12)10(15-9(7)13)14-2-1-4-17-5-3-16/h6,16H,1-5H2,(H,14,15). The molecule has 1 aromatic heterocycles. The molecule has 0 aliphatic heterocycles. The number of rotatable bonds is 7. The summed E-state index contributed by atoms with van der Waals surface area (Å²) in [5, 5.41) is 10.9. The topological polar surface area (TPSA) is 54.4 Å². The molecule has 0 atom stereocenters. The first kappa shape index (κ1) is 13.7. The quantitative estimate of drug-likeness (QED) is 0.566. The highest BCUT2D eigenvalue weighted by atomic mass is 19.2. The van der Waals surface area contributed by atoms with Crippen molar-refractivity contribution in [2.24, 2.45) is 0 Å². The fraction of sp³-hybridized carbons (Fsp3) is 0.500. The van der Waals surface area contributed by atoms with Gasteiger partial charge in [-0.3, -0.25) is 0 Å². The van der Waals surface area contributed by atoms with Gasteiger partial charge in [0, 0.05) is 19.2 Å². The van der Waals surface area contributed by atoms with Crippen LogP contribution in [0.25, 0.3) is 0 Å². The molecule has 4 nitrogen and oxygen atoms in total. The molecule has 0 radical (unpaired) electrons. The van der Waals surface area contributed by atoms with Gasteiger partial charge in [-0.15, -0.1) is 0 Å². The van der Waals surface area contributed by atoms with Gasteiger partial charge in [-0.05, 0) is 6.42 Å². The lowest BCUT2D eigenvalue weighted by atomic mass is 10.4. The predicted octanol–water partition coefficient (Wildman–Crippen LogP) is 1.31. The Morgan fingerprint density at radius 3 is 2.71 bits per heavy atom. The number of aliphatic hydroxyl groups is 1. The second-order valence-corrected chi connectivity index (χ2v) is 3.21. The molecule has 7 heteroatoms. The van der Waals surface area contributed by atoms with E-state index >= 15 is 0 Å². The van der Waals surface area contributed by atoms with Crippen molar-refractivity contribution in [3.05, 3.63) is 23.6 Å². The SMILES string of the molecule is OCCOCCCNc1nc(F)c(F)cc1F.